The summed E-state index contributed by atoms with van der Waals surface area (Å²) < 4.78 is 0. The first kappa shape index (κ1) is 15.0. The van der Waals surface area contributed by atoms with Crippen LogP contribution in [0.5, 0.6) is 0 Å². The standard InChI is InChI=1S/C18H20ClNS/c1-13-4-2-3-5-15(13)12-21-18-9-6-14(10-17(18)19)11-20-16-7-8-16/h2-6,9-10,16,20H,7-8,11-12H2,1H3. The van der Waals surface area contributed by atoms with E-state index in [4.69, 9.17) is 11.6 Å². The Hall–Kier alpha value is -0.960. The summed E-state index contributed by atoms with van der Waals surface area (Å²) in [5.41, 5.74) is 3.98. The second-order valence-corrected chi connectivity index (χ2v) is 7.06. The van der Waals surface area contributed by atoms with Gasteiger partial charge in [0.25, 0.3) is 0 Å². The van der Waals surface area contributed by atoms with Crippen LogP contribution in [0.15, 0.2) is 47.4 Å². The molecule has 3 rings (SSSR count). The van der Waals surface area contributed by atoms with Crippen LogP contribution in [0.25, 0.3) is 0 Å². The third-order valence-corrected chi connectivity index (χ3v) is 5.36. The van der Waals surface area contributed by atoms with E-state index in [9.17, 15) is 0 Å². The number of rotatable bonds is 6. The molecule has 110 valence electrons. The molecule has 0 saturated heterocycles. The number of hydrogen-bond donors (Lipinski definition) is 1. The summed E-state index contributed by atoms with van der Waals surface area (Å²) >= 11 is 8.23. The van der Waals surface area contributed by atoms with Crippen molar-refractivity contribution in [2.24, 2.45) is 0 Å². The lowest BCUT2D eigenvalue weighted by molar-refractivity contribution is 0.687. The summed E-state index contributed by atoms with van der Waals surface area (Å²) in [5, 5.41) is 4.38. The summed E-state index contributed by atoms with van der Waals surface area (Å²) in [5.74, 6) is 0.964. The topological polar surface area (TPSA) is 12.0 Å². The van der Waals surface area contributed by atoms with Crippen molar-refractivity contribution in [3.05, 3.63) is 64.2 Å². The highest BCUT2D eigenvalue weighted by Crippen LogP contribution is 2.31. The molecular weight excluding hydrogens is 298 g/mol. The van der Waals surface area contributed by atoms with E-state index in [0.717, 1.165) is 28.3 Å². The van der Waals surface area contributed by atoms with Gasteiger partial charge in [-0.25, -0.2) is 0 Å². The number of benzene rings is 2. The summed E-state index contributed by atoms with van der Waals surface area (Å²) in [4.78, 5) is 1.16. The molecule has 2 aromatic rings. The molecule has 2 aromatic carbocycles. The lowest BCUT2D eigenvalue weighted by Gasteiger charge is -2.09. The monoisotopic (exact) mass is 317 g/mol. The van der Waals surface area contributed by atoms with Gasteiger partial charge in [0.1, 0.15) is 0 Å². The van der Waals surface area contributed by atoms with E-state index in [1.807, 2.05) is 11.8 Å². The van der Waals surface area contributed by atoms with E-state index in [1.54, 1.807) is 0 Å². The van der Waals surface area contributed by atoms with E-state index in [-0.39, 0.29) is 0 Å². The second kappa shape index (κ2) is 6.87. The molecule has 0 radical (unpaired) electrons. The Kier molecular flexibility index (Phi) is 4.89. The largest absolute Gasteiger partial charge is 0.310 e. The van der Waals surface area contributed by atoms with Gasteiger partial charge in [0.15, 0.2) is 0 Å². The highest BCUT2D eigenvalue weighted by atomic mass is 35.5. The minimum absolute atomic E-state index is 0.735. The van der Waals surface area contributed by atoms with Crippen molar-refractivity contribution < 1.29 is 0 Å². The molecule has 0 unspecified atom stereocenters. The van der Waals surface area contributed by atoms with Crippen LogP contribution in [0.4, 0.5) is 0 Å². The fourth-order valence-corrected chi connectivity index (χ4v) is 3.61. The first-order valence-electron chi connectivity index (χ1n) is 7.41. The van der Waals surface area contributed by atoms with Crippen LogP contribution in [0, 0.1) is 6.92 Å². The van der Waals surface area contributed by atoms with Gasteiger partial charge in [-0.3, -0.25) is 0 Å². The maximum atomic E-state index is 6.42. The predicted molar refractivity (Wildman–Crippen MR) is 92.1 cm³/mol. The van der Waals surface area contributed by atoms with Crippen LogP contribution in [-0.2, 0) is 12.3 Å². The normalized spacial score (nSPS) is 14.4. The number of thioether (sulfide) groups is 1. The average Bonchev–Trinajstić information content (AvgIpc) is 3.30. The zero-order chi connectivity index (χ0) is 14.7. The fourth-order valence-electron chi connectivity index (χ4n) is 2.25. The fraction of sp³-hybridized carbons (Fsp3) is 0.333. The average molecular weight is 318 g/mol. The van der Waals surface area contributed by atoms with Crippen molar-refractivity contribution in [3.63, 3.8) is 0 Å². The van der Waals surface area contributed by atoms with Gasteiger partial charge < -0.3 is 5.32 Å². The zero-order valence-corrected chi connectivity index (χ0v) is 13.8. The van der Waals surface area contributed by atoms with Gasteiger partial charge in [0.05, 0.1) is 5.02 Å². The highest BCUT2D eigenvalue weighted by molar-refractivity contribution is 7.98. The molecule has 0 bridgehead atoms. The van der Waals surface area contributed by atoms with Gasteiger partial charge in [-0.05, 0) is 48.6 Å². The summed E-state index contributed by atoms with van der Waals surface area (Å²) in [6.45, 7) is 3.08. The molecule has 0 spiro atoms. The SMILES string of the molecule is Cc1ccccc1CSc1ccc(CNC2CC2)cc1Cl. The molecule has 1 fully saturated rings. The first-order chi connectivity index (χ1) is 10.2. The number of halogens is 1. The van der Waals surface area contributed by atoms with Crippen LogP contribution in [-0.4, -0.2) is 6.04 Å². The van der Waals surface area contributed by atoms with E-state index in [0.29, 0.717) is 0 Å². The Morgan fingerprint density at radius 1 is 1.19 bits per heavy atom. The molecule has 0 atom stereocenters. The molecule has 0 aromatic heterocycles. The van der Waals surface area contributed by atoms with Crippen molar-refractivity contribution in [1.29, 1.82) is 0 Å². The Balaban J connectivity index is 1.61. The molecule has 3 heteroatoms. The zero-order valence-electron chi connectivity index (χ0n) is 12.2. The summed E-state index contributed by atoms with van der Waals surface area (Å²) in [6, 6.07) is 15.7. The highest BCUT2D eigenvalue weighted by Gasteiger charge is 2.19. The first-order valence-corrected chi connectivity index (χ1v) is 8.78. The van der Waals surface area contributed by atoms with E-state index >= 15 is 0 Å². The van der Waals surface area contributed by atoms with Crippen LogP contribution >= 0.6 is 23.4 Å². The maximum absolute atomic E-state index is 6.42. The molecular formula is C18H20ClNS. The molecule has 0 amide bonds. The van der Waals surface area contributed by atoms with Gasteiger partial charge >= 0.3 is 0 Å². The van der Waals surface area contributed by atoms with Gasteiger partial charge in [0.2, 0.25) is 0 Å². The second-order valence-electron chi connectivity index (χ2n) is 5.64. The van der Waals surface area contributed by atoms with E-state index < -0.39 is 0 Å². The smallest absolute Gasteiger partial charge is 0.0545 e. The molecule has 1 nitrogen and oxygen atoms in total. The van der Waals surface area contributed by atoms with Crippen molar-refractivity contribution >= 4 is 23.4 Å². The Morgan fingerprint density at radius 3 is 2.71 bits per heavy atom. The third-order valence-electron chi connectivity index (χ3n) is 3.81. The Labute approximate surface area is 136 Å². The lowest BCUT2D eigenvalue weighted by Crippen LogP contribution is -2.15. The molecule has 21 heavy (non-hydrogen) atoms. The molecule has 1 saturated carbocycles. The minimum Gasteiger partial charge on any atom is -0.310 e. The van der Waals surface area contributed by atoms with Crippen LogP contribution in [0.3, 0.4) is 0 Å². The van der Waals surface area contributed by atoms with Crippen LogP contribution in [0.1, 0.15) is 29.5 Å². The van der Waals surface area contributed by atoms with Gasteiger partial charge in [-0.2, -0.15) is 0 Å². The van der Waals surface area contributed by atoms with Crippen molar-refractivity contribution in [1.82, 2.24) is 5.32 Å². The molecule has 0 heterocycles. The quantitative estimate of drug-likeness (QED) is 0.736. The molecule has 1 aliphatic rings. The third kappa shape index (κ3) is 4.26. The predicted octanol–water partition coefficient (Wildman–Crippen LogP) is 5.19. The maximum Gasteiger partial charge on any atom is 0.0545 e. The number of aryl methyl sites for hydroxylation is 1. The molecule has 1 aliphatic carbocycles. The van der Waals surface area contributed by atoms with Crippen molar-refractivity contribution in [2.75, 3.05) is 0 Å². The van der Waals surface area contributed by atoms with Crippen molar-refractivity contribution in [3.8, 4) is 0 Å². The van der Waals surface area contributed by atoms with Gasteiger partial charge in [-0.15, -0.1) is 11.8 Å². The minimum atomic E-state index is 0.735. The lowest BCUT2D eigenvalue weighted by atomic mass is 10.1. The van der Waals surface area contributed by atoms with Crippen molar-refractivity contribution in [2.45, 2.75) is 43.0 Å². The van der Waals surface area contributed by atoms with Crippen LogP contribution < -0.4 is 5.32 Å². The Bertz CT molecular complexity index is 622. The van der Waals surface area contributed by atoms with E-state index in [1.165, 1.54) is 29.5 Å². The number of nitrogens with one attached hydrogen (secondary N) is 1. The van der Waals surface area contributed by atoms with Gasteiger partial charge in [0, 0.05) is 23.2 Å². The Morgan fingerprint density at radius 2 is 2.00 bits per heavy atom. The summed E-state index contributed by atoms with van der Waals surface area (Å²) in [6.07, 6.45) is 2.64. The molecule has 1 N–H and O–H groups in total. The number of hydrogen-bond acceptors (Lipinski definition) is 2. The van der Waals surface area contributed by atoms with Gasteiger partial charge in [-0.1, -0.05) is 41.9 Å². The van der Waals surface area contributed by atoms with Crippen LogP contribution in [0.2, 0.25) is 5.02 Å². The molecule has 0 aliphatic heterocycles. The van der Waals surface area contributed by atoms with E-state index in [2.05, 4.69) is 54.7 Å². The summed E-state index contributed by atoms with van der Waals surface area (Å²) in [7, 11) is 0.